The smallest absolute Gasteiger partial charge is 0.315 e. The normalized spacial score (nSPS) is 18.3. The quantitative estimate of drug-likeness (QED) is 0.862. The molecule has 1 aliphatic carbocycles. The van der Waals surface area contributed by atoms with Gasteiger partial charge in [-0.05, 0) is 48.6 Å². The van der Waals surface area contributed by atoms with Gasteiger partial charge in [0, 0.05) is 12.1 Å². The van der Waals surface area contributed by atoms with E-state index in [1.165, 1.54) is 24.8 Å². The van der Waals surface area contributed by atoms with E-state index in [1.54, 1.807) is 11.3 Å². The van der Waals surface area contributed by atoms with Crippen molar-refractivity contribution in [1.82, 2.24) is 10.6 Å². The van der Waals surface area contributed by atoms with Crippen LogP contribution in [0.1, 0.15) is 44.6 Å². The number of hydrogen-bond acceptors (Lipinski definition) is 2. The van der Waals surface area contributed by atoms with Gasteiger partial charge < -0.3 is 10.6 Å². The SMILES string of the molecule is CC(Cc1ccsc1)NC(=O)NC1CCCCC1. The van der Waals surface area contributed by atoms with Crippen LogP contribution in [-0.2, 0) is 6.42 Å². The first kappa shape index (κ1) is 13.4. The van der Waals surface area contributed by atoms with Crippen molar-refractivity contribution in [3.63, 3.8) is 0 Å². The largest absolute Gasteiger partial charge is 0.335 e. The summed E-state index contributed by atoms with van der Waals surface area (Å²) in [4.78, 5) is 11.8. The summed E-state index contributed by atoms with van der Waals surface area (Å²) in [6, 6.07) is 2.67. The average Bonchev–Trinajstić information content (AvgIpc) is 2.82. The molecule has 1 saturated carbocycles. The number of thiophene rings is 1. The monoisotopic (exact) mass is 266 g/mol. The molecule has 4 heteroatoms. The molecular formula is C14H22N2OS. The molecule has 1 atom stereocenters. The zero-order chi connectivity index (χ0) is 12.8. The Morgan fingerprint density at radius 1 is 1.44 bits per heavy atom. The van der Waals surface area contributed by atoms with Crippen LogP contribution >= 0.6 is 11.3 Å². The molecule has 1 aromatic rings. The minimum atomic E-state index is -0.00960. The molecule has 2 rings (SSSR count). The van der Waals surface area contributed by atoms with Crippen LogP contribution < -0.4 is 10.6 Å². The lowest BCUT2D eigenvalue weighted by atomic mass is 9.96. The van der Waals surface area contributed by atoms with Gasteiger partial charge in [0.1, 0.15) is 0 Å². The lowest BCUT2D eigenvalue weighted by Gasteiger charge is -2.24. The molecule has 1 unspecified atom stereocenters. The second kappa shape index (κ2) is 6.78. The van der Waals surface area contributed by atoms with Crippen molar-refractivity contribution in [2.24, 2.45) is 0 Å². The van der Waals surface area contributed by atoms with Crippen molar-refractivity contribution in [2.75, 3.05) is 0 Å². The van der Waals surface area contributed by atoms with Gasteiger partial charge in [0.25, 0.3) is 0 Å². The first-order valence-corrected chi connectivity index (χ1v) is 7.76. The minimum absolute atomic E-state index is 0.00960. The Bertz CT molecular complexity index is 358. The van der Waals surface area contributed by atoms with Gasteiger partial charge in [-0.15, -0.1) is 0 Å². The second-order valence-electron chi connectivity index (χ2n) is 5.19. The minimum Gasteiger partial charge on any atom is -0.335 e. The van der Waals surface area contributed by atoms with E-state index in [-0.39, 0.29) is 12.1 Å². The summed E-state index contributed by atoms with van der Waals surface area (Å²) in [5, 5.41) is 10.3. The topological polar surface area (TPSA) is 41.1 Å². The third kappa shape index (κ3) is 4.33. The highest BCUT2D eigenvalue weighted by atomic mass is 32.1. The highest BCUT2D eigenvalue weighted by Crippen LogP contribution is 2.17. The predicted octanol–water partition coefficient (Wildman–Crippen LogP) is 3.31. The van der Waals surface area contributed by atoms with Crippen LogP contribution in [0.5, 0.6) is 0 Å². The van der Waals surface area contributed by atoms with Gasteiger partial charge in [-0.25, -0.2) is 4.79 Å². The van der Waals surface area contributed by atoms with Gasteiger partial charge in [0.05, 0.1) is 0 Å². The summed E-state index contributed by atoms with van der Waals surface area (Å²) in [7, 11) is 0. The molecule has 0 spiro atoms. The first-order chi connectivity index (χ1) is 8.74. The standard InChI is InChI=1S/C14H22N2OS/c1-11(9-12-7-8-18-10-12)15-14(17)16-13-5-3-2-4-6-13/h7-8,10-11,13H,2-6,9H2,1H3,(H2,15,16,17). The molecule has 1 aromatic heterocycles. The number of carbonyl (C=O) groups excluding carboxylic acids is 1. The van der Waals surface area contributed by atoms with Crippen molar-refractivity contribution in [3.8, 4) is 0 Å². The third-order valence-corrected chi connectivity index (χ3v) is 4.17. The Balaban J connectivity index is 1.69. The lowest BCUT2D eigenvalue weighted by molar-refractivity contribution is 0.229. The molecule has 2 amide bonds. The molecular weight excluding hydrogens is 244 g/mol. The molecule has 0 bridgehead atoms. The maximum absolute atomic E-state index is 11.8. The van der Waals surface area contributed by atoms with Gasteiger partial charge >= 0.3 is 6.03 Å². The summed E-state index contributed by atoms with van der Waals surface area (Å²) in [6.45, 7) is 2.05. The molecule has 0 aromatic carbocycles. The summed E-state index contributed by atoms with van der Waals surface area (Å²) < 4.78 is 0. The molecule has 2 N–H and O–H groups in total. The van der Waals surface area contributed by atoms with E-state index in [0.717, 1.165) is 19.3 Å². The van der Waals surface area contributed by atoms with E-state index in [4.69, 9.17) is 0 Å². The van der Waals surface area contributed by atoms with Gasteiger partial charge in [0.15, 0.2) is 0 Å². The van der Waals surface area contributed by atoms with E-state index in [0.29, 0.717) is 6.04 Å². The zero-order valence-electron chi connectivity index (χ0n) is 10.9. The summed E-state index contributed by atoms with van der Waals surface area (Å²) >= 11 is 1.70. The first-order valence-electron chi connectivity index (χ1n) is 6.82. The lowest BCUT2D eigenvalue weighted by Crippen LogP contribution is -2.46. The summed E-state index contributed by atoms with van der Waals surface area (Å²) in [5.41, 5.74) is 1.30. The summed E-state index contributed by atoms with van der Waals surface area (Å²) in [6.07, 6.45) is 6.97. The molecule has 1 aliphatic rings. The van der Waals surface area contributed by atoms with Crippen molar-refractivity contribution < 1.29 is 4.79 Å². The van der Waals surface area contributed by atoms with Crippen LogP contribution in [-0.4, -0.2) is 18.1 Å². The fraction of sp³-hybridized carbons (Fsp3) is 0.643. The predicted molar refractivity (Wildman–Crippen MR) is 76.0 cm³/mol. The molecule has 0 saturated heterocycles. The number of rotatable bonds is 4. The van der Waals surface area contributed by atoms with Crippen LogP contribution in [0.3, 0.4) is 0 Å². The average molecular weight is 266 g/mol. The highest BCUT2D eigenvalue weighted by Gasteiger charge is 2.16. The van der Waals surface area contributed by atoms with Crippen molar-refractivity contribution >= 4 is 17.4 Å². The Morgan fingerprint density at radius 2 is 2.22 bits per heavy atom. The second-order valence-corrected chi connectivity index (χ2v) is 5.97. The van der Waals surface area contributed by atoms with Gasteiger partial charge in [-0.1, -0.05) is 19.3 Å². The van der Waals surface area contributed by atoms with E-state index in [2.05, 4.69) is 34.4 Å². The fourth-order valence-electron chi connectivity index (χ4n) is 2.51. The van der Waals surface area contributed by atoms with E-state index in [9.17, 15) is 4.79 Å². The number of nitrogens with one attached hydrogen (secondary N) is 2. The van der Waals surface area contributed by atoms with Gasteiger partial charge in [0.2, 0.25) is 0 Å². The molecule has 0 radical (unpaired) electrons. The van der Waals surface area contributed by atoms with Crippen LogP contribution in [0, 0.1) is 0 Å². The van der Waals surface area contributed by atoms with Crippen molar-refractivity contribution in [2.45, 2.75) is 57.5 Å². The third-order valence-electron chi connectivity index (χ3n) is 3.44. The number of hydrogen-bond donors (Lipinski definition) is 2. The Morgan fingerprint density at radius 3 is 2.89 bits per heavy atom. The Hall–Kier alpha value is -1.03. The molecule has 100 valence electrons. The van der Waals surface area contributed by atoms with Crippen molar-refractivity contribution in [3.05, 3.63) is 22.4 Å². The number of urea groups is 1. The van der Waals surface area contributed by atoms with Crippen LogP contribution in [0.25, 0.3) is 0 Å². The Kier molecular flexibility index (Phi) is 5.05. The van der Waals surface area contributed by atoms with Gasteiger partial charge in [-0.2, -0.15) is 11.3 Å². The van der Waals surface area contributed by atoms with Crippen LogP contribution in [0.2, 0.25) is 0 Å². The fourth-order valence-corrected chi connectivity index (χ4v) is 3.19. The van der Waals surface area contributed by atoms with Crippen LogP contribution in [0.4, 0.5) is 4.79 Å². The van der Waals surface area contributed by atoms with Gasteiger partial charge in [-0.3, -0.25) is 0 Å². The molecule has 1 fully saturated rings. The Labute approximate surface area is 113 Å². The molecule has 1 heterocycles. The molecule has 3 nitrogen and oxygen atoms in total. The zero-order valence-corrected chi connectivity index (χ0v) is 11.8. The maximum Gasteiger partial charge on any atom is 0.315 e. The van der Waals surface area contributed by atoms with E-state index in [1.807, 2.05) is 0 Å². The summed E-state index contributed by atoms with van der Waals surface area (Å²) in [5.74, 6) is 0. The van der Waals surface area contributed by atoms with Crippen LogP contribution in [0.15, 0.2) is 16.8 Å². The van der Waals surface area contributed by atoms with E-state index >= 15 is 0 Å². The van der Waals surface area contributed by atoms with E-state index < -0.39 is 0 Å². The van der Waals surface area contributed by atoms with Crippen molar-refractivity contribution in [1.29, 1.82) is 0 Å². The number of carbonyl (C=O) groups is 1. The molecule has 18 heavy (non-hydrogen) atoms. The highest BCUT2D eigenvalue weighted by molar-refractivity contribution is 7.07. The molecule has 0 aliphatic heterocycles. The maximum atomic E-state index is 11.8. The number of amides is 2.